The lowest BCUT2D eigenvalue weighted by molar-refractivity contribution is -0.0284. The first-order chi connectivity index (χ1) is 14.0. The van der Waals surface area contributed by atoms with Crippen molar-refractivity contribution in [3.8, 4) is 0 Å². The minimum atomic E-state index is 0.205. The summed E-state index contributed by atoms with van der Waals surface area (Å²) in [7, 11) is 1.82. The summed E-state index contributed by atoms with van der Waals surface area (Å²) < 4.78 is 5.94. The fourth-order valence-corrected chi connectivity index (χ4v) is 3.77. The fraction of sp³-hybridized carbons (Fsp3) is 0.696. The van der Waals surface area contributed by atoms with Crippen LogP contribution < -0.4 is 10.6 Å². The van der Waals surface area contributed by atoms with Crippen LogP contribution in [-0.2, 0) is 17.8 Å². The van der Waals surface area contributed by atoms with Crippen LogP contribution in [0.1, 0.15) is 38.8 Å². The second-order valence-electron chi connectivity index (χ2n) is 8.18. The molecule has 164 valence electrons. The largest absolute Gasteiger partial charge is 0.374 e. The van der Waals surface area contributed by atoms with E-state index in [0.717, 1.165) is 64.9 Å². The van der Waals surface area contributed by atoms with Gasteiger partial charge in [0.1, 0.15) is 0 Å². The van der Waals surface area contributed by atoms with Crippen LogP contribution in [0, 0.1) is 5.92 Å². The Morgan fingerprint density at radius 3 is 2.59 bits per heavy atom. The zero-order valence-electron chi connectivity index (χ0n) is 19.1. The highest BCUT2D eigenvalue weighted by Gasteiger charge is 2.21. The molecule has 1 aliphatic heterocycles. The molecule has 0 aromatic heterocycles. The van der Waals surface area contributed by atoms with Crippen molar-refractivity contribution >= 4 is 5.96 Å². The molecular weight excluding hydrogens is 362 g/mol. The maximum atomic E-state index is 5.94. The lowest BCUT2D eigenvalue weighted by atomic mass is 10.1. The molecule has 6 nitrogen and oxygen atoms in total. The molecule has 0 saturated carbocycles. The summed E-state index contributed by atoms with van der Waals surface area (Å²) in [5, 5.41) is 6.91. The van der Waals surface area contributed by atoms with Gasteiger partial charge in [-0.15, -0.1) is 0 Å². The van der Waals surface area contributed by atoms with Crippen LogP contribution in [0.5, 0.6) is 0 Å². The summed E-state index contributed by atoms with van der Waals surface area (Å²) in [6.45, 7) is 17.6. The highest BCUT2D eigenvalue weighted by atomic mass is 16.5. The zero-order valence-corrected chi connectivity index (χ0v) is 19.1. The molecule has 0 bridgehead atoms. The summed E-state index contributed by atoms with van der Waals surface area (Å²) >= 11 is 0. The third kappa shape index (κ3) is 8.33. The van der Waals surface area contributed by atoms with Crippen LogP contribution in [-0.4, -0.2) is 74.8 Å². The molecule has 1 heterocycles. The number of rotatable bonds is 10. The Kier molecular flexibility index (Phi) is 10.5. The quantitative estimate of drug-likeness (QED) is 0.464. The Balaban J connectivity index is 1.84. The minimum absolute atomic E-state index is 0.205. The van der Waals surface area contributed by atoms with E-state index in [1.807, 2.05) is 7.05 Å². The predicted molar refractivity (Wildman–Crippen MR) is 122 cm³/mol. The number of nitrogens with one attached hydrogen (secondary N) is 2. The average Bonchev–Trinajstić information content (AvgIpc) is 2.72. The van der Waals surface area contributed by atoms with E-state index in [9.17, 15) is 0 Å². The molecule has 6 heteroatoms. The van der Waals surface area contributed by atoms with Crippen LogP contribution in [0.4, 0.5) is 0 Å². The normalized spacial score (nSPS) is 18.4. The van der Waals surface area contributed by atoms with E-state index in [-0.39, 0.29) is 6.10 Å². The lowest BCUT2D eigenvalue weighted by Gasteiger charge is -2.34. The summed E-state index contributed by atoms with van der Waals surface area (Å²) in [6.07, 6.45) is 0.205. The zero-order chi connectivity index (χ0) is 21.1. The molecule has 0 spiro atoms. The maximum Gasteiger partial charge on any atom is 0.191 e. The van der Waals surface area contributed by atoms with Crippen molar-refractivity contribution in [2.45, 2.75) is 46.9 Å². The van der Waals surface area contributed by atoms with E-state index in [1.165, 1.54) is 11.1 Å². The van der Waals surface area contributed by atoms with Crippen molar-refractivity contribution in [2.24, 2.45) is 10.9 Å². The Morgan fingerprint density at radius 2 is 1.93 bits per heavy atom. The van der Waals surface area contributed by atoms with Gasteiger partial charge in [-0.1, -0.05) is 52.0 Å². The van der Waals surface area contributed by atoms with Gasteiger partial charge in [-0.05, 0) is 30.1 Å². The van der Waals surface area contributed by atoms with Crippen molar-refractivity contribution in [1.82, 2.24) is 20.4 Å². The molecule has 29 heavy (non-hydrogen) atoms. The SMILES string of the molecule is CCN(CC)Cc1ccccc1CNC(=NC)NCC1CN(CC(C)C)CCO1. The molecule has 1 aliphatic rings. The molecule has 2 rings (SSSR count). The van der Waals surface area contributed by atoms with Gasteiger partial charge >= 0.3 is 0 Å². The van der Waals surface area contributed by atoms with Crippen LogP contribution >= 0.6 is 0 Å². The molecule has 0 radical (unpaired) electrons. The molecule has 1 unspecified atom stereocenters. The summed E-state index contributed by atoms with van der Waals surface area (Å²) in [4.78, 5) is 9.33. The Bertz CT molecular complexity index is 615. The number of benzene rings is 1. The van der Waals surface area contributed by atoms with Gasteiger partial charge in [-0.3, -0.25) is 14.8 Å². The smallest absolute Gasteiger partial charge is 0.191 e. The molecule has 0 amide bonds. The van der Waals surface area contributed by atoms with Crippen molar-refractivity contribution < 1.29 is 4.74 Å². The minimum Gasteiger partial charge on any atom is -0.374 e. The second kappa shape index (κ2) is 12.8. The van der Waals surface area contributed by atoms with Crippen LogP contribution in [0.15, 0.2) is 29.3 Å². The van der Waals surface area contributed by atoms with Gasteiger partial charge in [0.05, 0.1) is 12.7 Å². The van der Waals surface area contributed by atoms with E-state index in [4.69, 9.17) is 4.74 Å². The third-order valence-corrected chi connectivity index (χ3v) is 5.42. The number of morpholine rings is 1. The van der Waals surface area contributed by atoms with E-state index in [1.54, 1.807) is 0 Å². The molecule has 1 fully saturated rings. The van der Waals surface area contributed by atoms with Crippen molar-refractivity contribution in [3.63, 3.8) is 0 Å². The van der Waals surface area contributed by atoms with Crippen LogP contribution in [0.25, 0.3) is 0 Å². The Hall–Kier alpha value is -1.63. The molecule has 0 aliphatic carbocycles. The van der Waals surface area contributed by atoms with Crippen molar-refractivity contribution in [3.05, 3.63) is 35.4 Å². The van der Waals surface area contributed by atoms with Gasteiger partial charge in [0, 0.05) is 46.3 Å². The molecule has 1 aromatic rings. The molecule has 2 N–H and O–H groups in total. The van der Waals surface area contributed by atoms with Crippen molar-refractivity contribution in [1.29, 1.82) is 0 Å². The van der Waals surface area contributed by atoms with Gasteiger partial charge in [0.25, 0.3) is 0 Å². The summed E-state index contributed by atoms with van der Waals surface area (Å²) in [6, 6.07) is 8.66. The van der Waals surface area contributed by atoms with Gasteiger partial charge in [-0.2, -0.15) is 0 Å². The number of ether oxygens (including phenoxy) is 1. The van der Waals surface area contributed by atoms with Gasteiger partial charge in [0.15, 0.2) is 5.96 Å². The monoisotopic (exact) mass is 403 g/mol. The van der Waals surface area contributed by atoms with E-state index in [2.05, 4.69) is 77.4 Å². The fourth-order valence-electron chi connectivity index (χ4n) is 3.77. The second-order valence-corrected chi connectivity index (χ2v) is 8.18. The number of hydrogen-bond donors (Lipinski definition) is 2. The first kappa shape index (κ1) is 23.6. The van der Waals surface area contributed by atoms with Gasteiger partial charge in [0.2, 0.25) is 0 Å². The number of nitrogens with zero attached hydrogens (tertiary/aromatic N) is 3. The van der Waals surface area contributed by atoms with E-state index in [0.29, 0.717) is 5.92 Å². The van der Waals surface area contributed by atoms with E-state index < -0.39 is 0 Å². The summed E-state index contributed by atoms with van der Waals surface area (Å²) in [5.41, 5.74) is 2.69. The van der Waals surface area contributed by atoms with Gasteiger partial charge < -0.3 is 15.4 Å². The molecule has 1 saturated heterocycles. The highest BCUT2D eigenvalue weighted by Crippen LogP contribution is 2.12. The number of guanidine groups is 1. The topological polar surface area (TPSA) is 52.1 Å². The van der Waals surface area contributed by atoms with Crippen molar-refractivity contribution in [2.75, 3.05) is 52.9 Å². The molecule has 1 atom stereocenters. The van der Waals surface area contributed by atoms with Crippen LogP contribution in [0.2, 0.25) is 0 Å². The molecular formula is C23H41N5O. The average molecular weight is 404 g/mol. The van der Waals surface area contributed by atoms with Gasteiger partial charge in [-0.25, -0.2) is 0 Å². The first-order valence-corrected chi connectivity index (χ1v) is 11.1. The third-order valence-electron chi connectivity index (χ3n) is 5.42. The van der Waals surface area contributed by atoms with E-state index >= 15 is 0 Å². The first-order valence-electron chi connectivity index (χ1n) is 11.1. The maximum absolute atomic E-state index is 5.94. The highest BCUT2D eigenvalue weighted by molar-refractivity contribution is 5.79. The van der Waals surface area contributed by atoms with Crippen LogP contribution in [0.3, 0.4) is 0 Å². The summed E-state index contributed by atoms with van der Waals surface area (Å²) in [5.74, 6) is 1.51. The standard InChI is InChI=1S/C23H41N5O/c1-6-27(7-2)17-21-11-9-8-10-20(21)14-25-23(24-5)26-15-22-18-28(12-13-29-22)16-19(3)4/h8-11,19,22H,6-7,12-18H2,1-5H3,(H2,24,25,26). The Labute approximate surface area is 177 Å². The predicted octanol–water partition coefficient (Wildman–Crippen LogP) is 2.55. The molecule has 1 aromatic carbocycles. The number of hydrogen-bond acceptors (Lipinski definition) is 4. The Morgan fingerprint density at radius 1 is 1.21 bits per heavy atom. The lowest BCUT2D eigenvalue weighted by Crippen LogP contribution is -2.50. The number of aliphatic imine (C=N–C) groups is 1.